The van der Waals surface area contributed by atoms with Crippen molar-refractivity contribution < 1.29 is 14.4 Å². The van der Waals surface area contributed by atoms with Crippen LogP contribution in [0.1, 0.15) is 31.1 Å². The van der Waals surface area contributed by atoms with Crippen LogP contribution in [0.4, 0.5) is 11.4 Å². The fourth-order valence-corrected chi connectivity index (χ4v) is 2.70. The quantitative estimate of drug-likeness (QED) is 0.618. The monoisotopic (exact) mass is 423 g/mol. The van der Waals surface area contributed by atoms with Gasteiger partial charge in [0, 0.05) is 0 Å². The third-order valence-corrected chi connectivity index (χ3v) is 4.25. The van der Waals surface area contributed by atoms with E-state index in [9.17, 15) is 14.4 Å². The zero-order valence-corrected chi connectivity index (χ0v) is 15.9. The molecule has 0 aromatic heterocycles. The van der Waals surface area contributed by atoms with E-state index in [-0.39, 0.29) is 21.4 Å². The van der Waals surface area contributed by atoms with Gasteiger partial charge in [-0.25, -0.2) is 0 Å². The maximum absolute atomic E-state index is 12.6. The van der Waals surface area contributed by atoms with Crippen molar-refractivity contribution in [2.24, 2.45) is 0 Å². The molecular weight excluding hydrogens is 407 g/mol. The molecule has 0 saturated heterocycles. The van der Waals surface area contributed by atoms with Crippen molar-refractivity contribution in [3.05, 3.63) is 95.6 Å². The van der Waals surface area contributed by atoms with Gasteiger partial charge in [-0.2, -0.15) is 0 Å². The average Bonchev–Trinajstić information content (AvgIpc) is 2.69. The van der Waals surface area contributed by atoms with Crippen LogP contribution in [0.3, 0.4) is 0 Å². The topological polar surface area (TPSA) is 75.3 Å². The van der Waals surface area contributed by atoms with Crippen LogP contribution in [0, 0.1) is 0 Å². The summed E-state index contributed by atoms with van der Waals surface area (Å²) in [6.07, 6.45) is 0. The predicted molar refractivity (Wildman–Crippen MR) is 105 cm³/mol. The van der Waals surface area contributed by atoms with E-state index in [1.165, 1.54) is 18.2 Å². The Bertz CT molecular complexity index is 917. The van der Waals surface area contributed by atoms with Crippen LogP contribution in [-0.2, 0) is 0 Å². The zero-order chi connectivity index (χ0) is 19.2. The standard InChI is InChI=1S/C21H15N2O3Se/c24-19(22-17-7-3-1-4-8-17)14-11-15(13-16(12-14)21(26)27)20(25)23-18-9-5-2-6-10-18/h1-13H,(H,22,24)(H,23,25). The molecule has 0 spiro atoms. The van der Waals surface area contributed by atoms with E-state index in [0.717, 1.165) is 0 Å². The van der Waals surface area contributed by atoms with E-state index in [1.807, 2.05) is 12.1 Å². The molecule has 5 nitrogen and oxygen atoms in total. The Balaban J connectivity index is 1.89. The second-order valence-electron chi connectivity index (χ2n) is 5.73. The summed E-state index contributed by atoms with van der Waals surface area (Å²) >= 11 is 2.39. The van der Waals surface area contributed by atoms with Gasteiger partial charge in [0.2, 0.25) is 0 Å². The summed E-state index contributed by atoms with van der Waals surface area (Å²) < 4.78 is -0.349. The molecular formula is C21H15N2O3Se. The van der Waals surface area contributed by atoms with Gasteiger partial charge in [0.1, 0.15) is 0 Å². The normalized spacial score (nSPS) is 10.1. The number of carbonyl (C=O) groups excluding carboxylic acids is 3. The van der Waals surface area contributed by atoms with Gasteiger partial charge in [-0.05, 0) is 0 Å². The molecule has 3 aromatic carbocycles. The van der Waals surface area contributed by atoms with E-state index in [0.29, 0.717) is 11.4 Å². The molecule has 3 rings (SSSR count). The van der Waals surface area contributed by atoms with Crippen LogP contribution in [0.25, 0.3) is 0 Å². The molecule has 0 aliphatic rings. The summed E-state index contributed by atoms with van der Waals surface area (Å²) in [6.45, 7) is 0. The third kappa shape index (κ3) is 4.91. The van der Waals surface area contributed by atoms with Crippen molar-refractivity contribution >= 4 is 43.9 Å². The Kier molecular flexibility index (Phi) is 5.81. The average molecular weight is 422 g/mol. The van der Waals surface area contributed by atoms with Gasteiger partial charge in [-0.1, -0.05) is 0 Å². The van der Waals surface area contributed by atoms with Crippen LogP contribution >= 0.6 is 0 Å². The summed E-state index contributed by atoms with van der Waals surface area (Å²) in [6, 6.07) is 22.3. The van der Waals surface area contributed by atoms with Crippen molar-refractivity contribution in [3.8, 4) is 0 Å². The van der Waals surface area contributed by atoms with Gasteiger partial charge in [0.05, 0.1) is 0 Å². The first-order valence-electron chi connectivity index (χ1n) is 8.12. The third-order valence-electron chi connectivity index (χ3n) is 3.76. The Morgan fingerprint density at radius 1 is 0.593 bits per heavy atom. The first-order chi connectivity index (χ1) is 13.0. The van der Waals surface area contributed by atoms with Crippen LogP contribution in [-0.4, -0.2) is 32.5 Å². The molecule has 0 unspecified atom stereocenters. The molecule has 133 valence electrons. The summed E-state index contributed by atoms with van der Waals surface area (Å²) in [5, 5.41) is 5.50. The molecule has 0 atom stereocenters. The Labute approximate surface area is 164 Å². The van der Waals surface area contributed by atoms with E-state index in [1.54, 1.807) is 48.5 Å². The maximum atomic E-state index is 12.6. The van der Waals surface area contributed by atoms with Gasteiger partial charge < -0.3 is 0 Å². The predicted octanol–water partition coefficient (Wildman–Crippen LogP) is 3.50. The van der Waals surface area contributed by atoms with Gasteiger partial charge in [0.15, 0.2) is 0 Å². The van der Waals surface area contributed by atoms with Gasteiger partial charge in [0.25, 0.3) is 0 Å². The fraction of sp³-hybridized carbons (Fsp3) is 0. The second-order valence-corrected chi connectivity index (χ2v) is 6.50. The van der Waals surface area contributed by atoms with Gasteiger partial charge in [-0.3, -0.25) is 0 Å². The molecule has 27 heavy (non-hydrogen) atoms. The second kappa shape index (κ2) is 8.45. The minimum absolute atomic E-state index is 0.221. The minimum atomic E-state index is -0.405. The molecule has 2 amide bonds. The van der Waals surface area contributed by atoms with Crippen LogP contribution in [0.15, 0.2) is 78.9 Å². The summed E-state index contributed by atoms with van der Waals surface area (Å²) in [4.78, 5) is 36.9. The summed E-state index contributed by atoms with van der Waals surface area (Å²) in [5.74, 6) is -0.809. The van der Waals surface area contributed by atoms with E-state index >= 15 is 0 Å². The number of carbonyl (C=O) groups is 3. The molecule has 0 aliphatic heterocycles. The van der Waals surface area contributed by atoms with E-state index in [4.69, 9.17) is 0 Å². The number of benzene rings is 3. The van der Waals surface area contributed by atoms with Crippen molar-refractivity contribution in [2.45, 2.75) is 0 Å². The number of hydrogen-bond acceptors (Lipinski definition) is 3. The number of para-hydroxylation sites is 2. The van der Waals surface area contributed by atoms with Crippen molar-refractivity contribution in [1.82, 2.24) is 0 Å². The first-order valence-corrected chi connectivity index (χ1v) is 8.98. The molecule has 3 aromatic rings. The van der Waals surface area contributed by atoms with E-state index in [2.05, 4.69) is 26.6 Å². The fourth-order valence-electron chi connectivity index (χ4n) is 2.46. The number of amides is 2. The van der Waals surface area contributed by atoms with Crippen LogP contribution < -0.4 is 10.6 Å². The molecule has 0 heterocycles. The Morgan fingerprint density at radius 2 is 0.963 bits per heavy atom. The van der Waals surface area contributed by atoms with Crippen molar-refractivity contribution in [3.63, 3.8) is 0 Å². The number of hydrogen-bond donors (Lipinski definition) is 2. The number of anilines is 2. The molecule has 0 bridgehead atoms. The first kappa shape index (κ1) is 18.6. The van der Waals surface area contributed by atoms with Crippen LogP contribution in [0.2, 0.25) is 0 Å². The van der Waals surface area contributed by atoms with Gasteiger partial charge >= 0.3 is 164 Å². The van der Waals surface area contributed by atoms with Crippen molar-refractivity contribution in [2.75, 3.05) is 10.6 Å². The zero-order valence-electron chi connectivity index (χ0n) is 14.1. The van der Waals surface area contributed by atoms with Crippen LogP contribution in [0.5, 0.6) is 0 Å². The Hall–Kier alpha value is -3.21. The molecule has 2 N–H and O–H groups in total. The molecule has 6 heteroatoms. The van der Waals surface area contributed by atoms with E-state index < -0.39 is 11.8 Å². The number of rotatable bonds is 5. The van der Waals surface area contributed by atoms with Crippen molar-refractivity contribution in [1.29, 1.82) is 0 Å². The molecule has 0 saturated carbocycles. The summed E-state index contributed by atoms with van der Waals surface area (Å²) in [5.41, 5.74) is 1.93. The molecule has 0 aliphatic carbocycles. The SMILES string of the molecule is O=C([Se])c1cc(C(=O)Nc2ccccc2)cc(C(=O)Nc2ccccc2)c1. The Morgan fingerprint density at radius 3 is 1.33 bits per heavy atom. The summed E-state index contributed by atoms with van der Waals surface area (Å²) in [7, 11) is 0. The molecule has 1 radical (unpaired) electrons. The van der Waals surface area contributed by atoms with Gasteiger partial charge in [-0.15, -0.1) is 0 Å². The number of nitrogens with one attached hydrogen (secondary N) is 2. The molecule has 0 fully saturated rings.